The Morgan fingerprint density at radius 3 is 2.64 bits per heavy atom. The van der Waals surface area contributed by atoms with Gasteiger partial charge in [0.2, 0.25) is 0 Å². The molecular formula is C19H12N2O4. The Kier molecular flexibility index (Phi) is 3.43. The van der Waals surface area contributed by atoms with Gasteiger partial charge in [-0.15, -0.1) is 0 Å². The van der Waals surface area contributed by atoms with Gasteiger partial charge in [-0.05, 0) is 29.0 Å². The maximum absolute atomic E-state index is 12.4. The van der Waals surface area contributed by atoms with Crippen molar-refractivity contribution in [2.45, 2.75) is 0 Å². The number of hydrogen-bond acceptors (Lipinski definition) is 4. The lowest BCUT2D eigenvalue weighted by atomic mass is 10.1. The van der Waals surface area contributed by atoms with Crippen molar-refractivity contribution >= 4 is 39.0 Å². The molecule has 0 aliphatic rings. The normalized spacial score (nSPS) is 10.9. The zero-order chi connectivity index (χ0) is 17.4. The molecule has 3 aromatic carbocycles. The average Bonchev–Trinajstić information content (AvgIpc) is 3.07. The van der Waals surface area contributed by atoms with Crippen LogP contribution in [0.4, 0.5) is 11.4 Å². The van der Waals surface area contributed by atoms with E-state index in [1.54, 1.807) is 12.1 Å². The fourth-order valence-corrected chi connectivity index (χ4v) is 2.79. The molecule has 4 rings (SSSR count). The average molecular weight is 332 g/mol. The molecule has 1 N–H and O–H groups in total. The highest BCUT2D eigenvalue weighted by Crippen LogP contribution is 2.28. The molecule has 0 aliphatic heterocycles. The molecule has 0 spiro atoms. The summed E-state index contributed by atoms with van der Waals surface area (Å²) in [5.41, 5.74) is 0.862. The first kappa shape index (κ1) is 14.9. The van der Waals surface area contributed by atoms with Crippen LogP contribution in [0.3, 0.4) is 0 Å². The third-order valence-electron chi connectivity index (χ3n) is 3.96. The van der Waals surface area contributed by atoms with Crippen LogP contribution in [0.25, 0.3) is 21.7 Å². The Morgan fingerprint density at radius 1 is 0.960 bits per heavy atom. The molecule has 0 radical (unpaired) electrons. The summed E-state index contributed by atoms with van der Waals surface area (Å²) in [6, 6.07) is 19.0. The number of nitrogens with zero attached hydrogens (tertiary/aromatic N) is 1. The van der Waals surface area contributed by atoms with Crippen LogP contribution in [0.5, 0.6) is 0 Å². The molecule has 6 heteroatoms. The van der Waals surface area contributed by atoms with Crippen molar-refractivity contribution in [2.24, 2.45) is 0 Å². The predicted octanol–water partition coefficient (Wildman–Crippen LogP) is 4.75. The zero-order valence-corrected chi connectivity index (χ0v) is 12.9. The molecule has 0 saturated carbocycles. The molecule has 0 atom stereocenters. The van der Waals surface area contributed by atoms with Crippen molar-refractivity contribution in [3.8, 4) is 0 Å². The van der Waals surface area contributed by atoms with Gasteiger partial charge in [0.05, 0.1) is 4.92 Å². The number of carbonyl (C=O) groups excluding carboxylic acids is 1. The van der Waals surface area contributed by atoms with Gasteiger partial charge in [0.15, 0.2) is 5.76 Å². The third-order valence-corrected chi connectivity index (χ3v) is 3.96. The molecule has 1 aromatic heterocycles. The number of hydrogen-bond donors (Lipinski definition) is 1. The molecule has 0 bridgehead atoms. The second kappa shape index (κ2) is 5.76. The lowest BCUT2D eigenvalue weighted by Gasteiger charge is -2.02. The highest BCUT2D eigenvalue weighted by molar-refractivity contribution is 6.10. The maximum Gasteiger partial charge on any atom is 0.291 e. The van der Waals surface area contributed by atoms with Gasteiger partial charge in [-0.3, -0.25) is 14.9 Å². The first-order chi connectivity index (χ1) is 12.1. The van der Waals surface area contributed by atoms with Crippen LogP contribution in [-0.2, 0) is 0 Å². The zero-order valence-electron chi connectivity index (χ0n) is 12.9. The Labute approximate surface area is 141 Å². The van der Waals surface area contributed by atoms with E-state index in [1.165, 1.54) is 18.2 Å². The number of anilines is 1. The predicted molar refractivity (Wildman–Crippen MR) is 94.8 cm³/mol. The second-order valence-electron chi connectivity index (χ2n) is 5.57. The van der Waals surface area contributed by atoms with Crippen LogP contribution in [0.2, 0.25) is 0 Å². The van der Waals surface area contributed by atoms with Crippen LogP contribution in [0, 0.1) is 10.1 Å². The standard InChI is InChI=1S/C19H12N2O4/c22-19(20-13-5-3-6-14(10-13)21(23)24)18-11-16-15-7-2-1-4-12(15)8-9-17(16)25-18/h1-11H,(H,20,22). The van der Waals surface area contributed by atoms with E-state index >= 15 is 0 Å². The van der Waals surface area contributed by atoms with E-state index in [-0.39, 0.29) is 11.4 Å². The summed E-state index contributed by atoms with van der Waals surface area (Å²) < 4.78 is 5.64. The first-order valence-corrected chi connectivity index (χ1v) is 7.59. The minimum Gasteiger partial charge on any atom is -0.451 e. The summed E-state index contributed by atoms with van der Waals surface area (Å²) in [4.78, 5) is 22.7. The molecule has 4 aromatic rings. The van der Waals surface area contributed by atoms with Crippen molar-refractivity contribution in [2.75, 3.05) is 5.32 Å². The van der Waals surface area contributed by atoms with Crippen LogP contribution in [0.1, 0.15) is 10.6 Å². The lowest BCUT2D eigenvalue weighted by molar-refractivity contribution is -0.384. The van der Waals surface area contributed by atoms with Gasteiger partial charge < -0.3 is 9.73 Å². The van der Waals surface area contributed by atoms with Crippen molar-refractivity contribution in [1.82, 2.24) is 0 Å². The second-order valence-corrected chi connectivity index (χ2v) is 5.57. The number of non-ortho nitro benzene ring substituents is 1. The van der Waals surface area contributed by atoms with Crippen LogP contribution in [0.15, 0.2) is 71.1 Å². The van der Waals surface area contributed by atoms with Gasteiger partial charge in [0, 0.05) is 23.2 Å². The van der Waals surface area contributed by atoms with Crippen LogP contribution < -0.4 is 5.32 Å². The van der Waals surface area contributed by atoms with Crippen molar-refractivity contribution in [3.05, 3.63) is 82.6 Å². The van der Waals surface area contributed by atoms with E-state index < -0.39 is 10.8 Å². The molecule has 0 saturated heterocycles. The Hall–Kier alpha value is -3.67. The third kappa shape index (κ3) is 2.70. The van der Waals surface area contributed by atoms with E-state index in [0.717, 1.165) is 16.2 Å². The number of nitro groups is 1. The van der Waals surface area contributed by atoms with Crippen molar-refractivity contribution in [1.29, 1.82) is 0 Å². The lowest BCUT2D eigenvalue weighted by Crippen LogP contribution is -2.10. The van der Waals surface area contributed by atoms with Gasteiger partial charge in [-0.1, -0.05) is 36.4 Å². The summed E-state index contributed by atoms with van der Waals surface area (Å²) >= 11 is 0. The first-order valence-electron chi connectivity index (χ1n) is 7.59. The van der Waals surface area contributed by atoms with Gasteiger partial charge in [-0.25, -0.2) is 0 Å². The summed E-state index contributed by atoms with van der Waals surface area (Å²) in [5.74, 6) is -0.307. The van der Waals surface area contributed by atoms with Crippen molar-refractivity contribution in [3.63, 3.8) is 0 Å². The molecule has 0 aliphatic carbocycles. The number of benzene rings is 3. The molecule has 25 heavy (non-hydrogen) atoms. The smallest absolute Gasteiger partial charge is 0.291 e. The highest BCUT2D eigenvalue weighted by atomic mass is 16.6. The molecule has 1 amide bonds. The molecule has 0 fully saturated rings. The fraction of sp³-hybridized carbons (Fsp3) is 0. The molecular weight excluding hydrogens is 320 g/mol. The topological polar surface area (TPSA) is 85.4 Å². The van der Waals surface area contributed by atoms with E-state index in [9.17, 15) is 14.9 Å². The number of nitro benzene ring substituents is 1. The number of nitrogens with one attached hydrogen (secondary N) is 1. The molecule has 122 valence electrons. The summed E-state index contributed by atoms with van der Waals surface area (Å²) in [7, 11) is 0. The highest BCUT2D eigenvalue weighted by Gasteiger charge is 2.15. The molecule has 1 heterocycles. The molecule has 0 unspecified atom stereocenters. The largest absolute Gasteiger partial charge is 0.451 e. The summed E-state index contributed by atoms with van der Waals surface area (Å²) in [6.07, 6.45) is 0. The monoisotopic (exact) mass is 332 g/mol. The number of fused-ring (bicyclic) bond motifs is 3. The maximum atomic E-state index is 12.4. The minimum absolute atomic E-state index is 0.0894. The fourth-order valence-electron chi connectivity index (χ4n) is 2.79. The van der Waals surface area contributed by atoms with Gasteiger partial charge in [0.1, 0.15) is 5.58 Å². The van der Waals surface area contributed by atoms with Crippen LogP contribution >= 0.6 is 0 Å². The van der Waals surface area contributed by atoms with Crippen molar-refractivity contribution < 1.29 is 14.1 Å². The van der Waals surface area contributed by atoms with Gasteiger partial charge in [-0.2, -0.15) is 0 Å². The van der Waals surface area contributed by atoms with Gasteiger partial charge >= 0.3 is 0 Å². The molecule has 6 nitrogen and oxygen atoms in total. The Morgan fingerprint density at radius 2 is 1.80 bits per heavy atom. The van der Waals surface area contributed by atoms with E-state index in [2.05, 4.69) is 5.32 Å². The van der Waals surface area contributed by atoms with Crippen LogP contribution in [-0.4, -0.2) is 10.8 Å². The number of furan rings is 1. The summed E-state index contributed by atoms with van der Waals surface area (Å²) in [6.45, 7) is 0. The number of carbonyl (C=O) groups is 1. The van der Waals surface area contributed by atoms with E-state index in [1.807, 2.05) is 36.4 Å². The number of amides is 1. The summed E-state index contributed by atoms with van der Waals surface area (Å²) in [5, 5.41) is 16.4. The number of rotatable bonds is 3. The minimum atomic E-state index is -0.511. The van der Waals surface area contributed by atoms with E-state index in [4.69, 9.17) is 4.42 Å². The SMILES string of the molecule is O=C(Nc1cccc([N+](=O)[O-])c1)c1cc2c(ccc3ccccc32)o1. The van der Waals surface area contributed by atoms with Gasteiger partial charge in [0.25, 0.3) is 11.6 Å². The Balaban J connectivity index is 1.69. The van der Waals surface area contributed by atoms with E-state index in [0.29, 0.717) is 11.3 Å². The Bertz CT molecular complexity index is 1130. The quantitative estimate of drug-likeness (QED) is 0.433.